The van der Waals surface area contributed by atoms with Gasteiger partial charge in [0.15, 0.2) is 0 Å². The third-order valence-corrected chi connectivity index (χ3v) is 2.98. The lowest BCUT2D eigenvalue weighted by Crippen LogP contribution is -2.60. The van der Waals surface area contributed by atoms with E-state index in [0.29, 0.717) is 11.4 Å². The van der Waals surface area contributed by atoms with Crippen molar-refractivity contribution in [3.8, 4) is 5.75 Å². The lowest BCUT2D eigenvalue weighted by Gasteiger charge is -2.39. The van der Waals surface area contributed by atoms with Crippen molar-refractivity contribution in [3.63, 3.8) is 0 Å². The van der Waals surface area contributed by atoms with Gasteiger partial charge in [0.2, 0.25) is 6.29 Å². The van der Waals surface area contributed by atoms with Gasteiger partial charge in [-0.1, -0.05) is 0 Å². The summed E-state index contributed by atoms with van der Waals surface area (Å²) in [6, 6.07) is 6.38. The number of aliphatic hydroxyl groups is 4. The van der Waals surface area contributed by atoms with Gasteiger partial charge in [0.25, 0.3) is 0 Å². The summed E-state index contributed by atoms with van der Waals surface area (Å²) in [4.78, 5) is 0. The van der Waals surface area contributed by atoms with Crippen LogP contribution in [0.3, 0.4) is 0 Å². The van der Waals surface area contributed by atoms with Crippen molar-refractivity contribution in [1.29, 1.82) is 0 Å². The quantitative estimate of drug-likeness (QED) is 0.421. The van der Waals surface area contributed by atoms with Crippen LogP contribution in [-0.2, 0) is 4.74 Å². The first kappa shape index (κ1) is 14.0. The Balaban J connectivity index is 2.08. The van der Waals surface area contributed by atoms with E-state index in [-0.39, 0.29) is 0 Å². The molecule has 0 amide bonds. The van der Waals surface area contributed by atoms with Gasteiger partial charge in [-0.25, -0.2) is 0 Å². The van der Waals surface area contributed by atoms with Crippen LogP contribution in [-0.4, -0.2) is 57.7 Å². The molecule has 1 aliphatic rings. The first-order valence-corrected chi connectivity index (χ1v) is 5.85. The molecule has 5 atom stereocenters. The van der Waals surface area contributed by atoms with Crippen LogP contribution in [0.25, 0.3) is 0 Å². The normalized spacial score (nSPS) is 35.1. The zero-order valence-electron chi connectivity index (χ0n) is 10.1. The molecule has 0 bridgehead atoms. The highest BCUT2D eigenvalue weighted by Gasteiger charge is 2.44. The molecular formula is C12H17NO6. The fourth-order valence-corrected chi connectivity index (χ4v) is 1.85. The molecule has 0 aliphatic carbocycles. The molecule has 0 unspecified atom stereocenters. The molecule has 6 N–H and O–H groups in total. The van der Waals surface area contributed by atoms with Gasteiger partial charge < -0.3 is 35.6 Å². The second-order valence-corrected chi connectivity index (χ2v) is 4.38. The Kier molecular flexibility index (Phi) is 4.23. The monoisotopic (exact) mass is 271 g/mol. The van der Waals surface area contributed by atoms with E-state index in [1.807, 2.05) is 0 Å². The molecule has 0 saturated carbocycles. The number of rotatable bonds is 3. The first-order chi connectivity index (χ1) is 9.02. The highest BCUT2D eigenvalue weighted by molar-refractivity contribution is 5.41. The summed E-state index contributed by atoms with van der Waals surface area (Å²) in [5.74, 6) is 0.388. The van der Waals surface area contributed by atoms with Gasteiger partial charge >= 0.3 is 0 Å². The summed E-state index contributed by atoms with van der Waals surface area (Å²) in [7, 11) is 0. The van der Waals surface area contributed by atoms with Gasteiger partial charge in [-0.2, -0.15) is 0 Å². The van der Waals surface area contributed by atoms with Gasteiger partial charge in [0, 0.05) is 5.69 Å². The SMILES string of the molecule is Nc1ccc(O[C@@H]2O[C@@H](CO)[C@@H](O)[C@@H](O)[C@@H]2O)cc1. The minimum atomic E-state index is -1.45. The van der Waals surface area contributed by atoms with Crippen molar-refractivity contribution >= 4 is 5.69 Å². The second-order valence-electron chi connectivity index (χ2n) is 4.38. The van der Waals surface area contributed by atoms with E-state index < -0.39 is 37.3 Å². The Morgan fingerprint density at radius 1 is 1.05 bits per heavy atom. The minimum Gasteiger partial charge on any atom is -0.462 e. The van der Waals surface area contributed by atoms with Crippen molar-refractivity contribution < 1.29 is 29.9 Å². The lowest BCUT2D eigenvalue weighted by molar-refractivity contribution is -0.277. The van der Waals surface area contributed by atoms with E-state index in [1.165, 1.54) is 0 Å². The van der Waals surface area contributed by atoms with Crippen LogP contribution in [0, 0.1) is 0 Å². The smallest absolute Gasteiger partial charge is 0.229 e. The molecule has 1 fully saturated rings. The third kappa shape index (κ3) is 2.96. The summed E-state index contributed by atoms with van der Waals surface area (Å²) in [5, 5.41) is 38.0. The zero-order valence-corrected chi connectivity index (χ0v) is 10.1. The Morgan fingerprint density at radius 2 is 1.68 bits per heavy atom. The summed E-state index contributed by atoms with van der Waals surface area (Å²) < 4.78 is 10.6. The van der Waals surface area contributed by atoms with Crippen molar-refractivity contribution in [3.05, 3.63) is 24.3 Å². The molecule has 106 valence electrons. The van der Waals surface area contributed by atoms with Crippen LogP contribution in [0.2, 0.25) is 0 Å². The number of hydrogen-bond donors (Lipinski definition) is 5. The van der Waals surface area contributed by atoms with Crippen LogP contribution in [0.1, 0.15) is 0 Å². The first-order valence-electron chi connectivity index (χ1n) is 5.85. The number of nitrogen functional groups attached to an aromatic ring is 1. The summed E-state index contributed by atoms with van der Waals surface area (Å²) in [6.45, 7) is -0.494. The molecule has 1 aromatic carbocycles. The molecule has 1 aromatic rings. The topological polar surface area (TPSA) is 125 Å². The van der Waals surface area contributed by atoms with Crippen LogP contribution in [0.5, 0.6) is 5.75 Å². The Labute approximate surface area is 109 Å². The summed E-state index contributed by atoms with van der Waals surface area (Å²) in [6.07, 6.45) is -6.44. The molecule has 19 heavy (non-hydrogen) atoms. The molecule has 0 aromatic heterocycles. The van der Waals surface area contributed by atoms with Gasteiger partial charge in [-0.3, -0.25) is 0 Å². The molecule has 0 radical (unpaired) electrons. The van der Waals surface area contributed by atoms with Gasteiger partial charge in [0.1, 0.15) is 30.2 Å². The Hall–Kier alpha value is -1.38. The number of aliphatic hydroxyl groups excluding tert-OH is 4. The van der Waals surface area contributed by atoms with Crippen LogP contribution < -0.4 is 10.5 Å². The van der Waals surface area contributed by atoms with Crippen molar-refractivity contribution in [1.82, 2.24) is 0 Å². The highest BCUT2D eigenvalue weighted by atomic mass is 16.7. The van der Waals surface area contributed by atoms with Gasteiger partial charge in [-0.05, 0) is 24.3 Å². The van der Waals surface area contributed by atoms with E-state index >= 15 is 0 Å². The predicted molar refractivity (Wildman–Crippen MR) is 65.2 cm³/mol. The fourth-order valence-electron chi connectivity index (χ4n) is 1.85. The van der Waals surface area contributed by atoms with Gasteiger partial charge in [0.05, 0.1) is 6.61 Å². The van der Waals surface area contributed by atoms with E-state index in [0.717, 1.165) is 0 Å². The number of hydrogen-bond acceptors (Lipinski definition) is 7. The Morgan fingerprint density at radius 3 is 2.26 bits per heavy atom. The summed E-state index contributed by atoms with van der Waals surface area (Å²) in [5.41, 5.74) is 6.09. The number of ether oxygens (including phenoxy) is 2. The second kappa shape index (κ2) is 5.72. The number of anilines is 1. The predicted octanol–water partition coefficient (Wildman–Crippen LogP) is -1.55. The molecule has 1 saturated heterocycles. The number of nitrogens with two attached hydrogens (primary N) is 1. The molecule has 7 heteroatoms. The van der Waals surface area contributed by atoms with Crippen molar-refractivity contribution in [2.75, 3.05) is 12.3 Å². The van der Waals surface area contributed by atoms with Crippen LogP contribution in [0.15, 0.2) is 24.3 Å². The van der Waals surface area contributed by atoms with Crippen molar-refractivity contribution in [2.24, 2.45) is 0 Å². The van der Waals surface area contributed by atoms with Crippen LogP contribution in [0.4, 0.5) is 5.69 Å². The summed E-state index contributed by atoms with van der Waals surface area (Å²) >= 11 is 0. The highest BCUT2D eigenvalue weighted by Crippen LogP contribution is 2.24. The van der Waals surface area contributed by atoms with E-state index in [1.54, 1.807) is 24.3 Å². The zero-order chi connectivity index (χ0) is 14.0. The van der Waals surface area contributed by atoms with E-state index in [4.69, 9.17) is 20.3 Å². The molecule has 2 rings (SSSR count). The molecule has 1 heterocycles. The van der Waals surface area contributed by atoms with Crippen molar-refractivity contribution in [2.45, 2.75) is 30.7 Å². The average Bonchev–Trinajstić information content (AvgIpc) is 2.42. The maximum atomic E-state index is 9.77. The van der Waals surface area contributed by atoms with Gasteiger partial charge in [-0.15, -0.1) is 0 Å². The van der Waals surface area contributed by atoms with E-state index in [9.17, 15) is 15.3 Å². The fraction of sp³-hybridized carbons (Fsp3) is 0.500. The molecule has 7 nitrogen and oxygen atoms in total. The largest absolute Gasteiger partial charge is 0.462 e. The molecule has 1 aliphatic heterocycles. The standard InChI is InChI=1S/C12H17NO6/c13-6-1-3-7(4-2-6)18-12-11(17)10(16)9(15)8(5-14)19-12/h1-4,8-12,14-17H,5,13H2/t8-,9+,10+,11-,12+/m0/s1. The maximum Gasteiger partial charge on any atom is 0.229 e. The third-order valence-electron chi connectivity index (χ3n) is 2.98. The van der Waals surface area contributed by atoms with E-state index in [2.05, 4.69) is 0 Å². The van der Waals surface area contributed by atoms with Crippen LogP contribution >= 0.6 is 0 Å². The lowest BCUT2D eigenvalue weighted by atomic mass is 9.99. The molecule has 0 spiro atoms. The Bertz CT molecular complexity index is 409. The molecular weight excluding hydrogens is 254 g/mol. The number of benzene rings is 1. The average molecular weight is 271 g/mol. The maximum absolute atomic E-state index is 9.77. The minimum absolute atomic E-state index is 0.388.